The zero-order valence-corrected chi connectivity index (χ0v) is 15.7. The molecule has 1 aromatic carbocycles. The molecule has 8 heteroatoms. The van der Waals surface area contributed by atoms with Crippen LogP contribution in [0.3, 0.4) is 0 Å². The van der Waals surface area contributed by atoms with Crippen LogP contribution in [0, 0.1) is 6.92 Å². The number of rotatable bonds is 4. The fourth-order valence-electron chi connectivity index (χ4n) is 2.81. The minimum absolute atomic E-state index is 0.0994. The molecule has 138 valence electrons. The van der Waals surface area contributed by atoms with Gasteiger partial charge in [0.1, 0.15) is 4.83 Å². The number of nitrogens with zero attached hydrogens (tertiary/aromatic N) is 2. The number of fused-ring (bicyclic) bond motifs is 1. The molecule has 1 aliphatic rings. The maximum absolute atomic E-state index is 12.7. The van der Waals surface area contributed by atoms with Crippen molar-refractivity contribution < 1.29 is 9.59 Å². The maximum atomic E-state index is 12.7. The van der Waals surface area contributed by atoms with Crippen molar-refractivity contribution in [2.75, 3.05) is 5.32 Å². The predicted octanol–water partition coefficient (Wildman–Crippen LogP) is 2.45. The van der Waals surface area contributed by atoms with Crippen molar-refractivity contribution in [3.05, 3.63) is 57.0 Å². The number of aromatic nitrogens is 2. The van der Waals surface area contributed by atoms with Gasteiger partial charge in [-0.25, -0.2) is 4.98 Å². The molecule has 0 unspecified atom stereocenters. The van der Waals surface area contributed by atoms with Crippen LogP contribution in [0.15, 0.2) is 35.4 Å². The Morgan fingerprint density at radius 2 is 1.89 bits per heavy atom. The van der Waals surface area contributed by atoms with Crippen molar-refractivity contribution in [2.45, 2.75) is 25.8 Å². The molecular formula is C19H18N4O3S. The summed E-state index contributed by atoms with van der Waals surface area (Å²) in [5.41, 5.74) is 1.60. The average Bonchev–Trinajstić information content (AvgIpc) is 3.40. The number of carbonyl (C=O) groups excluding carboxylic acids is 2. The Balaban J connectivity index is 1.54. The van der Waals surface area contributed by atoms with Crippen molar-refractivity contribution in [3.63, 3.8) is 0 Å². The summed E-state index contributed by atoms with van der Waals surface area (Å²) in [5.74, 6) is -0.398. The highest BCUT2D eigenvalue weighted by Gasteiger charge is 2.24. The third-order valence-electron chi connectivity index (χ3n) is 4.53. The van der Waals surface area contributed by atoms with E-state index in [-0.39, 0.29) is 17.4 Å². The van der Waals surface area contributed by atoms with Crippen molar-refractivity contribution in [1.82, 2.24) is 14.9 Å². The van der Waals surface area contributed by atoms with Crippen LogP contribution in [0.4, 0.5) is 5.69 Å². The van der Waals surface area contributed by atoms with Gasteiger partial charge in [0.15, 0.2) is 0 Å². The highest BCUT2D eigenvalue weighted by molar-refractivity contribution is 7.20. The molecule has 0 atom stereocenters. The van der Waals surface area contributed by atoms with E-state index >= 15 is 0 Å². The van der Waals surface area contributed by atoms with Gasteiger partial charge in [-0.3, -0.25) is 14.4 Å². The number of aryl methyl sites for hydroxylation is 2. The number of benzene rings is 1. The van der Waals surface area contributed by atoms with Crippen molar-refractivity contribution in [3.8, 4) is 0 Å². The average molecular weight is 382 g/mol. The summed E-state index contributed by atoms with van der Waals surface area (Å²) in [6.07, 6.45) is 3.52. The van der Waals surface area contributed by atoms with Crippen LogP contribution in [-0.2, 0) is 7.05 Å². The van der Waals surface area contributed by atoms with Gasteiger partial charge in [0.25, 0.3) is 17.4 Å². The number of hydrogen-bond donors (Lipinski definition) is 2. The first-order chi connectivity index (χ1) is 12.9. The van der Waals surface area contributed by atoms with E-state index < -0.39 is 0 Å². The van der Waals surface area contributed by atoms with Gasteiger partial charge in [0.2, 0.25) is 0 Å². The Morgan fingerprint density at radius 3 is 2.56 bits per heavy atom. The van der Waals surface area contributed by atoms with Crippen molar-refractivity contribution in [1.29, 1.82) is 0 Å². The van der Waals surface area contributed by atoms with E-state index in [1.807, 2.05) is 0 Å². The second-order valence-corrected chi connectivity index (χ2v) is 7.68. The first kappa shape index (κ1) is 17.4. The third-order valence-corrected chi connectivity index (χ3v) is 5.73. The predicted molar refractivity (Wildman–Crippen MR) is 104 cm³/mol. The van der Waals surface area contributed by atoms with E-state index in [2.05, 4.69) is 15.6 Å². The third kappa shape index (κ3) is 3.35. The van der Waals surface area contributed by atoms with E-state index in [4.69, 9.17) is 0 Å². The molecule has 2 aromatic heterocycles. The standard InChI is InChI=1S/C19H18N4O3S/c1-10-14-18(20-9-23(2)19(14)26)27-15(10)17(25)22-12-5-3-11(4-6-12)16(24)21-13-7-8-13/h3-6,9,13H,7-8H2,1-2H3,(H,21,24)(H,22,25). The lowest BCUT2D eigenvalue weighted by Crippen LogP contribution is -2.25. The number of thiophene rings is 1. The summed E-state index contributed by atoms with van der Waals surface area (Å²) in [7, 11) is 1.63. The maximum Gasteiger partial charge on any atom is 0.266 e. The monoisotopic (exact) mass is 382 g/mol. The second kappa shape index (κ2) is 6.62. The normalized spacial score (nSPS) is 13.6. The first-order valence-electron chi connectivity index (χ1n) is 8.61. The highest BCUT2D eigenvalue weighted by atomic mass is 32.1. The van der Waals surface area contributed by atoms with Crippen molar-refractivity contribution >= 4 is 39.1 Å². The van der Waals surface area contributed by atoms with Gasteiger partial charge in [0, 0.05) is 24.3 Å². The molecule has 3 aromatic rings. The molecule has 4 rings (SSSR count). The fourth-order valence-corrected chi connectivity index (χ4v) is 3.85. The number of carbonyl (C=O) groups is 2. The summed E-state index contributed by atoms with van der Waals surface area (Å²) in [5, 5.41) is 6.22. The largest absolute Gasteiger partial charge is 0.349 e. The summed E-state index contributed by atoms with van der Waals surface area (Å²) in [6, 6.07) is 7.05. The van der Waals surface area contributed by atoms with Crippen molar-refractivity contribution in [2.24, 2.45) is 7.05 Å². The molecule has 0 aliphatic heterocycles. The van der Waals surface area contributed by atoms with Gasteiger partial charge in [0.05, 0.1) is 16.6 Å². The van der Waals surface area contributed by atoms with Crippen LogP contribution in [0.25, 0.3) is 10.2 Å². The van der Waals surface area contributed by atoms with Crippen LogP contribution in [0.1, 0.15) is 38.4 Å². The molecule has 1 aliphatic carbocycles. The molecule has 0 saturated heterocycles. The number of amides is 2. The quantitative estimate of drug-likeness (QED) is 0.725. The summed E-state index contributed by atoms with van der Waals surface area (Å²) in [6.45, 7) is 1.75. The molecule has 2 amide bonds. The van der Waals surface area contributed by atoms with Crippen LogP contribution in [-0.4, -0.2) is 27.4 Å². The second-order valence-electron chi connectivity index (χ2n) is 6.68. The lowest BCUT2D eigenvalue weighted by Gasteiger charge is -2.07. The fraction of sp³-hybridized carbons (Fsp3) is 0.263. The van der Waals surface area contributed by atoms with Crippen LogP contribution >= 0.6 is 11.3 Å². The molecule has 1 saturated carbocycles. The molecule has 1 fully saturated rings. The SMILES string of the molecule is Cc1c(C(=O)Nc2ccc(C(=O)NC3CC3)cc2)sc2ncn(C)c(=O)c12. The minimum Gasteiger partial charge on any atom is -0.349 e. The van der Waals surface area contributed by atoms with E-state index in [1.165, 1.54) is 22.2 Å². The lowest BCUT2D eigenvalue weighted by molar-refractivity contribution is 0.0950. The molecule has 0 radical (unpaired) electrons. The van der Waals surface area contributed by atoms with E-state index in [9.17, 15) is 14.4 Å². The van der Waals surface area contributed by atoms with Gasteiger partial charge < -0.3 is 15.2 Å². The molecule has 27 heavy (non-hydrogen) atoms. The smallest absolute Gasteiger partial charge is 0.266 e. The van der Waals surface area contributed by atoms with Crippen LogP contribution in [0.5, 0.6) is 0 Å². The lowest BCUT2D eigenvalue weighted by atomic mass is 10.1. The Bertz CT molecular complexity index is 1110. The number of anilines is 1. The Hall–Kier alpha value is -3.00. The topological polar surface area (TPSA) is 93.1 Å². The van der Waals surface area contributed by atoms with Crippen LogP contribution < -0.4 is 16.2 Å². The summed E-state index contributed by atoms with van der Waals surface area (Å²) in [4.78, 5) is 42.2. The van der Waals surface area contributed by atoms with Gasteiger partial charge >= 0.3 is 0 Å². The van der Waals surface area contributed by atoms with E-state index in [1.54, 1.807) is 38.2 Å². The first-order valence-corrected chi connectivity index (χ1v) is 9.42. The minimum atomic E-state index is -0.298. The Labute approximate surface area is 159 Å². The molecule has 2 N–H and O–H groups in total. The van der Waals surface area contributed by atoms with Gasteiger partial charge in [-0.2, -0.15) is 0 Å². The van der Waals surface area contributed by atoms with Gasteiger partial charge in [-0.05, 0) is 49.6 Å². The van der Waals surface area contributed by atoms with E-state index in [0.717, 1.165) is 12.8 Å². The van der Waals surface area contributed by atoms with Gasteiger partial charge in [-0.1, -0.05) is 0 Å². The van der Waals surface area contributed by atoms with E-state index in [0.29, 0.717) is 37.9 Å². The van der Waals surface area contributed by atoms with Crippen LogP contribution in [0.2, 0.25) is 0 Å². The summed E-state index contributed by atoms with van der Waals surface area (Å²) >= 11 is 1.20. The molecule has 0 bridgehead atoms. The Morgan fingerprint density at radius 1 is 1.19 bits per heavy atom. The molecular weight excluding hydrogens is 364 g/mol. The molecule has 2 heterocycles. The Kier molecular flexibility index (Phi) is 4.27. The zero-order chi connectivity index (χ0) is 19.1. The molecule has 0 spiro atoms. The molecule has 7 nitrogen and oxygen atoms in total. The van der Waals surface area contributed by atoms with Gasteiger partial charge in [-0.15, -0.1) is 11.3 Å². The zero-order valence-electron chi connectivity index (χ0n) is 14.9. The highest BCUT2D eigenvalue weighted by Crippen LogP contribution is 2.27. The number of nitrogens with one attached hydrogen (secondary N) is 2. The summed E-state index contributed by atoms with van der Waals surface area (Å²) < 4.78 is 1.40. The number of hydrogen-bond acceptors (Lipinski definition) is 5.